The summed E-state index contributed by atoms with van der Waals surface area (Å²) in [6.45, 7) is 2.97. The fourth-order valence-electron chi connectivity index (χ4n) is 2.18. The Labute approximate surface area is 136 Å². The highest BCUT2D eigenvalue weighted by molar-refractivity contribution is 6.30. The monoisotopic (exact) mass is 317 g/mol. The van der Waals surface area contributed by atoms with E-state index in [9.17, 15) is 4.79 Å². The zero-order chi connectivity index (χ0) is 15.9. The van der Waals surface area contributed by atoms with Crippen LogP contribution in [0, 0.1) is 5.92 Å². The minimum atomic E-state index is -0.338. The average Bonchev–Trinajstić information content (AvgIpc) is 2.54. The second-order valence-corrected chi connectivity index (χ2v) is 5.67. The summed E-state index contributed by atoms with van der Waals surface area (Å²) in [4.78, 5) is 13.3. The van der Waals surface area contributed by atoms with Gasteiger partial charge in [0, 0.05) is 36.0 Å². The fraction of sp³-hybridized carbons (Fsp3) is 0.278. The molecule has 0 amide bonds. The predicted octanol–water partition coefficient (Wildman–Crippen LogP) is 3.96. The molecule has 2 rings (SSSR count). The van der Waals surface area contributed by atoms with Crippen LogP contribution in [-0.4, -0.2) is 24.5 Å². The largest absolute Gasteiger partial charge is 0.466 e. The molecule has 0 fully saturated rings. The van der Waals surface area contributed by atoms with Crippen molar-refractivity contribution in [3.05, 3.63) is 71.1 Å². The number of esters is 1. The van der Waals surface area contributed by atoms with Crippen molar-refractivity contribution in [2.75, 3.05) is 13.7 Å². The lowest BCUT2D eigenvalue weighted by molar-refractivity contribution is -0.134. The molecule has 1 atom stereocenters. The van der Waals surface area contributed by atoms with Crippen LogP contribution in [0.1, 0.15) is 12.5 Å². The van der Waals surface area contributed by atoms with Gasteiger partial charge in [-0.25, -0.2) is 4.79 Å². The Balaban J connectivity index is 1.97. The van der Waals surface area contributed by atoms with Gasteiger partial charge in [0.1, 0.15) is 0 Å². The van der Waals surface area contributed by atoms with E-state index in [1.54, 1.807) is 0 Å². The topological polar surface area (TPSA) is 29.5 Å². The maximum absolute atomic E-state index is 11.2. The molecule has 1 heterocycles. The number of methoxy groups -OCH3 is 1. The lowest BCUT2D eigenvalue weighted by Crippen LogP contribution is -2.18. The van der Waals surface area contributed by atoms with Crippen LogP contribution in [0.25, 0.3) is 0 Å². The van der Waals surface area contributed by atoms with E-state index in [-0.39, 0.29) is 11.9 Å². The summed E-state index contributed by atoms with van der Waals surface area (Å²) >= 11 is 5.89. The van der Waals surface area contributed by atoms with Crippen LogP contribution < -0.4 is 0 Å². The molecule has 1 aromatic rings. The highest BCUT2D eigenvalue weighted by Gasteiger charge is 2.10. The van der Waals surface area contributed by atoms with Crippen molar-refractivity contribution < 1.29 is 9.53 Å². The molecular formula is C18H20ClNO2. The Morgan fingerprint density at radius 2 is 2.09 bits per heavy atom. The Hall–Kier alpha value is -2.00. The Morgan fingerprint density at radius 1 is 1.36 bits per heavy atom. The zero-order valence-corrected chi connectivity index (χ0v) is 13.6. The SMILES string of the molecule is COC(=O)/C=C/C1=CN(CCc2ccc(Cl)cc2)C=CC1C. The number of carbonyl (C=O) groups excluding carboxylic acids is 1. The Bertz CT molecular complexity index is 602. The standard InChI is InChI=1S/C18H20ClNO2/c1-14-9-11-20(13-16(14)5-8-18(21)22-2)12-10-15-3-6-17(19)7-4-15/h3-9,11,13-14H,10,12H2,1-2H3/b8-5+. The van der Waals surface area contributed by atoms with Gasteiger partial charge in [-0.1, -0.05) is 36.7 Å². The highest BCUT2D eigenvalue weighted by Crippen LogP contribution is 2.20. The molecule has 0 aromatic heterocycles. The first-order valence-corrected chi connectivity index (χ1v) is 7.62. The van der Waals surface area contributed by atoms with Gasteiger partial charge in [0.2, 0.25) is 0 Å². The first kappa shape index (κ1) is 16.4. The Morgan fingerprint density at radius 3 is 2.77 bits per heavy atom. The number of benzene rings is 1. The van der Waals surface area contributed by atoms with Crippen LogP contribution in [0.4, 0.5) is 0 Å². The molecule has 1 aliphatic heterocycles. The molecule has 1 aromatic carbocycles. The van der Waals surface area contributed by atoms with E-state index in [1.165, 1.54) is 18.7 Å². The van der Waals surface area contributed by atoms with Crippen LogP contribution in [-0.2, 0) is 16.0 Å². The van der Waals surface area contributed by atoms with Crippen molar-refractivity contribution in [1.29, 1.82) is 0 Å². The Kier molecular flexibility index (Phi) is 5.84. The normalized spacial score (nSPS) is 17.7. The molecule has 0 N–H and O–H groups in total. The van der Waals surface area contributed by atoms with E-state index in [1.807, 2.05) is 30.3 Å². The molecule has 0 saturated heterocycles. The summed E-state index contributed by atoms with van der Waals surface area (Å²) in [5, 5.41) is 0.755. The maximum atomic E-state index is 11.2. The highest BCUT2D eigenvalue weighted by atomic mass is 35.5. The molecule has 4 heteroatoms. The predicted molar refractivity (Wildman–Crippen MR) is 89.4 cm³/mol. The molecule has 0 aliphatic carbocycles. The minimum absolute atomic E-state index is 0.285. The molecule has 3 nitrogen and oxygen atoms in total. The van der Waals surface area contributed by atoms with Crippen molar-refractivity contribution in [1.82, 2.24) is 4.90 Å². The van der Waals surface area contributed by atoms with E-state index in [0.717, 1.165) is 23.6 Å². The number of rotatable bonds is 5. The second kappa shape index (κ2) is 7.85. The lowest BCUT2D eigenvalue weighted by atomic mass is 9.99. The summed E-state index contributed by atoms with van der Waals surface area (Å²) in [7, 11) is 1.38. The summed E-state index contributed by atoms with van der Waals surface area (Å²) in [5.41, 5.74) is 2.33. The molecule has 22 heavy (non-hydrogen) atoms. The van der Waals surface area contributed by atoms with Gasteiger partial charge in [-0.05, 0) is 35.8 Å². The molecule has 0 radical (unpaired) electrons. The smallest absolute Gasteiger partial charge is 0.330 e. The van der Waals surface area contributed by atoms with Gasteiger partial charge in [-0.15, -0.1) is 0 Å². The van der Waals surface area contributed by atoms with E-state index >= 15 is 0 Å². The number of nitrogens with zero attached hydrogens (tertiary/aromatic N) is 1. The van der Waals surface area contributed by atoms with Crippen molar-refractivity contribution in [2.45, 2.75) is 13.3 Å². The van der Waals surface area contributed by atoms with E-state index in [4.69, 9.17) is 11.6 Å². The number of carbonyl (C=O) groups is 1. The van der Waals surface area contributed by atoms with E-state index < -0.39 is 0 Å². The second-order valence-electron chi connectivity index (χ2n) is 5.23. The first-order chi connectivity index (χ1) is 10.6. The quantitative estimate of drug-likeness (QED) is 0.608. The number of allylic oxidation sites excluding steroid dienone is 3. The third-order valence-electron chi connectivity index (χ3n) is 3.59. The zero-order valence-electron chi connectivity index (χ0n) is 12.8. The van der Waals surface area contributed by atoms with Gasteiger partial charge >= 0.3 is 5.97 Å². The maximum Gasteiger partial charge on any atom is 0.330 e. The number of hydrogen-bond donors (Lipinski definition) is 0. The molecule has 1 aliphatic rings. The number of ether oxygens (including phenoxy) is 1. The fourth-order valence-corrected chi connectivity index (χ4v) is 2.30. The average molecular weight is 318 g/mol. The van der Waals surface area contributed by atoms with Gasteiger partial charge in [0.05, 0.1) is 7.11 Å². The third-order valence-corrected chi connectivity index (χ3v) is 3.84. The van der Waals surface area contributed by atoms with Gasteiger partial charge < -0.3 is 9.64 Å². The molecule has 1 unspecified atom stereocenters. The van der Waals surface area contributed by atoms with Crippen molar-refractivity contribution in [3.8, 4) is 0 Å². The van der Waals surface area contributed by atoms with Gasteiger partial charge in [-0.2, -0.15) is 0 Å². The van der Waals surface area contributed by atoms with Crippen molar-refractivity contribution >= 4 is 17.6 Å². The molecule has 0 bridgehead atoms. The third kappa shape index (κ3) is 4.78. The van der Waals surface area contributed by atoms with Gasteiger partial charge in [-0.3, -0.25) is 0 Å². The summed E-state index contributed by atoms with van der Waals surface area (Å²) in [6.07, 6.45) is 10.5. The number of hydrogen-bond acceptors (Lipinski definition) is 3. The molecule has 116 valence electrons. The van der Waals surface area contributed by atoms with E-state index in [0.29, 0.717) is 0 Å². The lowest BCUT2D eigenvalue weighted by Gasteiger charge is -2.23. The molecule has 0 saturated carbocycles. The van der Waals surface area contributed by atoms with Gasteiger partial charge in [0.25, 0.3) is 0 Å². The summed E-state index contributed by atoms with van der Waals surface area (Å²) in [5.74, 6) is -0.0527. The summed E-state index contributed by atoms with van der Waals surface area (Å²) < 4.78 is 4.62. The minimum Gasteiger partial charge on any atom is -0.466 e. The van der Waals surface area contributed by atoms with Crippen LogP contribution in [0.15, 0.2) is 60.5 Å². The van der Waals surface area contributed by atoms with Crippen LogP contribution >= 0.6 is 11.6 Å². The van der Waals surface area contributed by atoms with Gasteiger partial charge in [0.15, 0.2) is 0 Å². The first-order valence-electron chi connectivity index (χ1n) is 7.25. The van der Waals surface area contributed by atoms with Crippen molar-refractivity contribution in [2.24, 2.45) is 5.92 Å². The molecule has 0 spiro atoms. The van der Waals surface area contributed by atoms with Crippen LogP contribution in [0.3, 0.4) is 0 Å². The molecular weight excluding hydrogens is 298 g/mol. The van der Waals surface area contributed by atoms with Crippen molar-refractivity contribution in [3.63, 3.8) is 0 Å². The van der Waals surface area contributed by atoms with E-state index in [2.05, 4.69) is 35.0 Å². The van der Waals surface area contributed by atoms with Crippen LogP contribution in [0.2, 0.25) is 5.02 Å². The van der Waals surface area contributed by atoms with Crippen LogP contribution in [0.5, 0.6) is 0 Å². The number of halogens is 1. The summed E-state index contributed by atoms with van der Waals surface area (Å²) in [6, 6.07) is 7.90.